The third-order valence-electron chi connectivity index (χ3n) is 4.73. The van der Waals surface area contributed by atoms with E-state index in [2.05, 4.69) is 5.10 Å². The second-order valence-corrected chi connectivity index (χ2v) is 6.91. The van der Waals surface area contributed by atoms with Crippen molar-refractivity contribution in [3.63, 3.8) is 0 Å². The Hall–Kier alpha value is -6.75. The van der Waals surface area contributed by atoms with Gasteiger partial charge in [0, 0.05) is 0 Å². The van der Waals surface area contributed by atoms with Gasteiger partial charge >= 0.3 is 34.3 Å². The standard InChI is InChI=1S/C15H6N10O14/c26-19(27)6-1-9(21(30)31)13(10(2-6)22(32)33)17-8-5-16-18(15(8)25(38)39)14-11(23(34)35)3-7(20(28)29)4-12(14)24(36)37/h1-5,17H. The largest absolute Gasteiger partial charge is 0.374 e. The topological polar surface area (TPSA) is 332 Å². The van der Waals surface area contributed by atoms with Crippen LogP contribution in [0, 0.1) is 70.8 Å². The van der Waals surface area contributed by atoms with Crippen molar-refractivity contribution in [1.29, 1.82) is 0 Å². The summed E-state index contributed by atoms with van der Waals surface area (Å²) in [5, 5.41) is 85.6. The highest BCUT2D eigenvalue weighted by Gasteiger charge is 2.41. The van der Waals surface area contributed by atoms with Gasteiger partial charge in [-0.3, -0.25) is 60.7 Å². The Morgan fingerprint density at radius 2 is 0.949 bits per heavy atom. The predicted octanol–water partition coefficient (Wildman–Crippen LogP) is 2.97. The van der Waals surface area contributed by atoms with Crippen LogP contribution in [0.15, 0.2) is 30.5 Å². The SMILES string of the molecule is O=[N+]([O-])c1cc([N+](=O)[O-])c(Nc2cnn(-c3c([N+](=O)[O-])cc([N+](=O)[O-])cc3[N+](=O)[O-])c2[N+](=O)[O-])c([N+](=O)[O-])c1. The third kappa shape index (κ3) is 4.85. The Kier molecular flexibility index (Phi) is 6.69. The van der Waals surface area contributed by atoms with Gasteiger partial charge in [-0.25, -0.2) is 0 Å². The van der Waals surface area contributed by atoms with E-state index in [1.807, 2.05) is 5.32 Å². The summed E-state index contributed by atoms with van der Waals surface area (Å²) in [5.74, 6) is -1.39. The van der Waals surface area contributed by atoms with Crippen LogP contribution in [0.4, 0.5) is 51.3 Å². The molecule has 0 spiro atoms. The van der Waals surface area contributed by atoms with Crippen molar-refractivity contribution in [1.82, 2.24) is 9.78 Å². The zero-order valence-electron chi connectivity index (χ0n) is 18.1. The lowest BCUT2D eigenvalue weighted by atomic mass is 10.2. The van der Waals surface area contributed by atoms with Gasteiger partial charge in [-0.2, -0.15) is 0 Å². The average molecular weight is 550 g/mol. The first-order valence-corrected chi connectivity index (χ1v) is 9.37. The molecule has 1 heterocycles. The van der Waals surface area contributed by atoms with Crippen LogP contribution in [0.2, 0.25) is 0 Å². The summed E-state index contributed by atoms with van der Waals surface area (Å²) in [6.45, 7) is 0. The maximum absolute atomic E-state index is 11.9. The molecule has 0 fully saturated rings. The number of hydrogen-bond donors (Lipinski definition) is 1. The second-order valence-electron chi connectivity index (χ2n) is 6.91. The highest BCUT2D eigenvalue weighted by molar-refractivity contribution is 5.84. The molecule has 0 aliphatic carbocycles. The average Bonchev–Trinajstić information content (AvgIpc) is 3.25. The van der Waals surface area contributed by atoms with E-state index in [1.54, 1.807) is 0 Å². The summed E-state index contributed by atoms with van der Waals surface area (Å²) in [5.41, 5.74) is -10.8. The van der Waals surface area contributed by atoms with E-state index < -0.39 is 91.5 Å². The maximum Gasteiger partial charge on any atom is 0.374 e. The van der Waals surface area contributed by atoms with E-state index >= 15 is 0 Å². The van der Waals surface area contributed by atoms with Gasteiger partial charge in [0.25, 0.3) is 11.4 Å². The van der Waals surface area contributed by atoms with Crippen molar-refractivity contribution >= 4 is 51.3 Å². The van der Waals surface area contributed by atoms with E-state index in [4.69, 9.17) is 0 Å². The fourth-order valence-electron chi connectivity index (χ4n) is 3.21. The number of nitrogens with zero attached hydrogens (tertiary/aromatic N) is 9. The van der Waals surface area contributed by atoms with Crippen LogP contribution >= 0.6 is 0 Å². The molecule has 24 heteroatoms. The van der Waals surface area contributed by atoms with Gasteiger partial charge < -0.3 is 15.4 Å². The number of rotatable bonds is 10. The number of nitro groups is 7. The molecule has 2 aromatic carbocycles. The lowest BCUT2D eigenvalue weighted by Crippen LogP contribution is -2.10. The summed E-state index contributed by atoms with van der Waals surface area (Å²) in [7, 11) is 0. The zero-order chi connectivity index (χ0) is 29.3. The van der Waals surface area contributed by atoms with Crippen molar-refractivity contribution in [3.05, 3.63) is 101 Å². The molecule has 0 atom stereocenters. The van der Waals surface area contributed by atoms with Gasteiger partial charge in [-0.1, -0.05) is 9.78 Å². The molecule has 0 radical (unpaired) electrons. The number of nitro benzene ring substituents is 6. The highest BCUT2D eigenvalue weighted by atomic mass is 16.7. The molecule has 3 aromatic rings. The van der Waals surface area contributed by atoms with E-state index in [0.29, 0.717) is 18.3 Å². The van der Waals surface area contributed by atoms with Gasteiger partial charge in [0.1, 0.15) is 6.20 Å². The van der Waals surface area contributed by atoms with Crippen LogP contribution in [-0.4, -0.2) is 44.2 Å². The lowest BCUT2D eigenvalue weighted by molar-refractivity contribution is -0.404. The lowest BCUT2D eigenvalue weighted by Gasteiger charge is -2.07. The Balaban J connectivity index is 2.37. The van der Waals surface area contributed by atoms with E-state index in [-0.39, 0.29) is 16.8 Å². The molecule has 0 saturated carbocycles. The van der Waals surface area contributed by atoms with Gasteiger partial charge in [0.05, 0.1) is 53.8 Å². The Morgan fingerprint density at radius 1 is 0.564 bits per heavy atom. The molecule has 1 N–H and O–H groups in total. The van der Waals surface area contributed by atoms with Crippen LogP contribution in [0.25, 0.3) is 5.69 Å². The fourth-order valence-corrected chi connectivity index (χ4v) is 3.21. The zero-order valence-corrected chi connectivity index (χ0v) is 18.1. The van der Waals surface area contributed by atoms with Gasteiger partial charge in [-0.05, 0) is 4.92 Å². The van der Waals surface area contributed by atoms with Crippen molar-refractivity contribution in [2.45, 2.75) is 0 Å². The van der Waals surface area contributed by atoms with Crippen molar-refractivity contribution in [2.24, 2.45) is 0 Å². The predicted molar refractivity (Wildman–Crippen MR) is 120 cm³/mol. The molecule has 0 bridgehead atoms. The second kappa shape index (κ2) is 9.72. The van der Waals surface area contributed by atoms with E-state index in [9.17, 15) is 70.8 Å². The van der Waals surface area contributed by atoms with Gasteiger partial charge in [0.2, 0.25) is 0 Å². The summed E-state index contributed by atoms with van der Waals surface area (Å²) < 4.78 is 0.00534. The smallest absolute Gasteiger partial charge is 0.358 e. The first-order valence-electron chi connectivity index (χ1n) is 9.37. The van der Waals surface area contributed by atoms with Crippen molar-refractivity contribution < 1.29 is 34.5 Å². The summed E-state index contributed by atoms with van der Waals surface area (Å²) in [6.07, 6.45) is 0.460. The van der Waals surface area contributed by atoms with Crippen molar-refractivity contribution in [3.8, 4) is 5.69 Å². The molecule has 0 amide bonds. The number of hydrogen-bond acceptors (Lipinski definition) is 16. The van der Waals surface area contributed by atoms with Crippen LogP contribution < -0.4 is 5.32 Å². The van der Waals surface area contributed by atoms with E-state index in [0.717, 1.165) is 0 Å². The highest BCUT2D eigenvalue weighted by Crippen LogP contribution is 2.44. The number of aromatic nitrogens is 2. The maximum atomic E-state index is 11.9. The molecule has 3 rings (SSSR count). The summed E-state index contributed by atoms with van der Waals surface area (Å²) in [6, 6.07) is 1.12. The molecule has 24 nitrogen and oxygen atoms in total. The molecule has 1 aromatic heterocycles. The fraction of sp³-hybridized carbons (Fsp3) is 0. The minimum absolute atomic E-state index is 0.00534. The molecule has 0 aliphatic heterocycles. The summed E-state index contributed by atoms with van der Waals surface area (Å²) >= 11 is 0. The number of benzene rings is 2. The molecule has 0 saturated heterocycles. The number of nitrogens with one attached hydrogen (secondary N) is 1. The molecular weight excluding hydrogens is 544 g/mol. The summed E-state index contributed by atoms with van der Waals surface area (Å²) in [4.78, 5) is 71.2. The number of anilines is 2. The van der Waals surface area contributed by atoms with Crippen LogP contribution in [0.3, 0.4) is 0 Å². The molecule has 200 valence electrons. The monoisotopic (exact) mass is 550 g/mol. The first kappa shape index (κ1) is 26.8. The number of non-ortho nitro benzene ring substituents is 2. The van der Waals surface area contributed by atoms with Gasteiger partial charge in [0.15, 0.2) is 11.4 Å². The molecular formula is C15H6N10O14. The minimum Gasteiger partial charge on any atom is -0.358 e. The Bertz CT molecular complexity index is 1580. The molecule has 0 aliphatic rings. The Morgan fingerprint density at radius 3 is 1.28 bits per heavy atom. The Labute approximate surface area is 208 Å². The van der Waals surface area contributed by atoms with E-state index in [1.165, 1.54) is 0 Å². The van der Waals surface area contributed by atoms with Crippen LogP contribution in [-0.2, 0) is 0 Å². The normalized spacial score (nSPS) is 10.5. The third-order valence-corrected chi connectivity index (χ3v) is 4.73. The van der Waals surface area contributed by atoms with Crippen LogP contribution in [0.5, 0.6) is 0 Å². The first-order chi connectivity index (χ1) is 18.1. The van der Waals surface area contributed by atoms with Crippen LogP contribution in [0.1, 0.15) is 0 Å². The minimum atomic E-state index is -1.39. The molecule has 39 heavy (non-hydrogen) atoms. The quantitative estimate of drug-likeness (QED) is 0.280. The van der Waals surface area contributed by atoms with Crippen molar-refractivity contribution in [2.75, 3.05) is 5.32 Å². The van der Waals surface area contributed by atoms with Gasteiger partial charge in [-0.15, -0.1) is 0 Å². The molecule has 0 unspecified atom stereocenters.